The molecule has 2 aromatic carbocycles. The zero-order valence-corrected chi connectivity index (χ0v) is 12.0. The molecule has 1 unspecified atom stereocenters. The predicted octanol–water partition coefficient (Wildman–Crippen LogP) is 2.36. The molecule has 3 rings (SSSR count). The highest BCUT2D eigenvalue weighted by atomic mass is 19.1. The van der Waals surface area contributed by atoms with E-state index in [2.05, 4.69) is 0 Å². The fourth-order valence-electron chi connectivity index (χ4n) is 2.29. The number of carbonyl (C=O) groups is 2. The van der Waals surface area contributed by atoms with E-state index in [1.807, 2.05) is 0 Å². The lowest BCUT2D eigenvalue weighted by molar-refractivity contribution is -0.150. The van der Waals surface area contributed by atoms with Gasteiger partial charge in [-0.25, -0.2) is 9.18 Å². The summed E-state index contributed by atoms with van der Waals surface area (Å²) in [5.74, 6) is -1.30. The number of carboxylic acid groups (broad SMARTS) is 1. The SMILES string of the molecule is O=C(O)C1Oc2cc(OCc3ccc(F)cc3)ccc2CC1=O. The van der Waals surface area contributed by atoms with Gasteiger partial charge < -0.3 is 14.6 Å². The van der Waals surface area contributed by atoms with Gasteiger partial charge in [-0.2, -0.15) is 0 Å². The molecular weight excluding hydrogens is 303 g/mol. The molecule has 6 heteroatoms. The Kier molecular flexibility index (Phi) is 3.97. The molecule has 1 aliphatic heterocycles. The van der Waals surface area contributed by atoms with E-state index in [4.69, 9.17) is 14.6 Å². The Morgan fingerprint density at radius 3 is 2.70 bits per heavy atom. The van der Waals surface area contributed by atoms with Crippen LogP contribution in [-0.2, 0) is 22.6 Å². The number of ether oxygens (including phenoxy) is 2. The number of Topliss-reactive ketones (excluding diaryl/α,β-unsaturated/α-hetero) is 1. The van der Waals surface area contributed by atoms with Crippen molar-refractivity contribution >= 4 is 11.8 Å². The van der Waals surface area contributed by atoms with Gasteiger partial charge in [-0.05, 0) is 23.8 Å². The molecule has 1 aliphatic rings. The molecule has 1 atom stereocenters. The van der Waals surface area contributed by atoms with E-state index in [-0.39, 0.29) is 18.8 Å². The van der Waals surface area contributed by atoms with Crippen LogP contribution in [0.1, 0.15) is 11.1 Å². The Bertz CT molecular complexity index is 754. The number of aliphatic carboxylic acids is 1. The first-order valence-corrected chi connectivity index (χ1v) is 6.95. The number of carboxylic acids is 1. The number of halogens is 1. The van der Waals surface area contributed by atoms with Crippen molar-refractivity contribution in [2.45, 2.75) is 19.1 Å². The van der Waals surface area contributed by atoms with E-state index in [1.165, 1.54) is 12.1 Å². The van der Waals surface area contributed by atoms with Crippen LogP contribution in [0.25, 0.3) is 0 Å². The molecule has 0 spiro atoms. The van der Waals surface area contributed by atoms with Crippen LogP contribution in [0.15, 0.2) is 42.5 Å². The van der Waals surface area contributed by atoms with Gasteiger partial charge in [0.1, 0.15) is 23.9 Å². The van der Waals surface area contributed by atoms with Crippen LogP contribution in [0.3, 0.4) is 0 Å². The maximum absolute atomic E-state index is 12.8. The first-order valence-electron chi connectivity index (χ1n) is 6.95. The maximum Gasteiger partial charge on any atom is 0.352 e. The third-order valence-corrected chi connectivity index (χ3v) is 3.48. The Hall–Kier alpha value is -2.89. The minimum atomic E-state index is -1.48. The third kappa shape index (κ3) is 3.31. The summed E-state index contributed by atoms with van der Waals surface area (Å²) >= 11 is 0. The van der Waals surface area contributed by atoms with Gasteiger partial charge in [-0.3, -0.25) is 4.79 Å². The van der Waals surface area contributed by atoms with E-state index in [1.54, 1.807) is 30.3 Å². The smallest absolute Gasteiger partial charge is 0.352 e. The summed E-state index contributed by atoms with van der Waals surface area (Å²) in [5.41, 5.74) is 1.42. The van der Waals surface area contributed by atoms with Gasteiger partial charge in [0.05, 0.1) is 0 Å². The van der Waals surface area contributed by atoms with Crippen molar-refractivity contribution in [3.8, 4) is 11.5 Å². The minimum absolute atomic E-state index is 0.0184. The van der Waals surface area contributed by atoms with Gasteiger partial charge in [0.25, 0.3) is 6.10 Å². The number of hydrogen-bond acceptors (Lipinski definition) is 4. The largest absolute Gasteiger partial charge is 0.489 e. The number of fused-ring (bicyclic) bond motifs is 1. The Morgan fingerprint density at radius 2 is 2.00 bits per heavy atom. The van der Waals surface area contributed by atoms with E-state index in [0.717, 1.165) is 5.56 Å². The number of ketones is 1. The van der Waals surface area contributed by atoms with Crippen molar-refractivity contribution in [2.24, 2.45) is 0 Å². The average molecular weight is 316 g/mol. The summed E-state index contributed by atoms with van der Waals surface area (Å²) < 4.78 is 23.7. The highest BCUT2D eigenvalue weighted by Gasteiger charge is 2.33. The fourth-order valence-corrected chi connectivity index (χ4v) is 2.29. The minimum Gasteiger partial charge on any atom is -0.489 e. The highest BCUT2D eigenvalue weighted by Crippen LogP contribution is 2.30. The quantitative estimate of drug-likeness (QED) is 0.877. The second-order valence-electron chi connectivity index (χ2n) is 5.16. The molecule has 0 saturated heterocycles. The van der Waals surface area contributed by atoms with Gasteiger partial charge in [0, 0.05) is 18.1 Å². The summed E-state index contributed by atoms with van der Waals surface area (Å²) in [6.07, 6.45) is -1.46. The van der Waals surface area contributed by atoms with Gasteiger partial charge >= 0.3 is 5.97 Å². The monoisotopic (exact) mass is 316 g/mol. The second-order valence-corrected chi connectivity index (χ2v) is 5.16. The van der Waals surface area contributed by atoms with Crippen LogP contribution in [0.5, 0.6) is 11.5 Å². The van der Waals surface area contributed by atoms with Crippen LogP contribution < -0.4 is 9.47 Å². The Morgan fingerprint density at radius 1 is 1.26 bits per heavy atom. The zero-order valence-electron chi connectivity index (χ0n) is 12.0. The molecule has 1 heterocycles. The van der Waals surface area contributed by atoms with Gasteiger partial charge in [0.15, 0.2) is 5.78 Å². The molecule has 0 radical (unpaired) electrons. The van der Waals surface area contributed by atoms with E-state index < -0.39 is 17.9 Å². The van der Waals surface area contributed by atoms with Gasteiger partial charge in [-0.15, -0.1) is 0 Å². The van der Waals surface area contributed by atoms with E-state index in [0.29, 0.717) is 17.1 Å². The lowest BCUT2D eigenvalue weighted by atomic mass is 10.0. The Balaban J connectivity index is 1.73. The molecule has 2 aromatic rings. The normalized spacial score (nSPS) is 16.4. The molecular formula is C17H13FO5. The highest BCUT2D eigenvalue weighted by molar-refractivity contribution is 6.03. The van der Waals surface area contributed by atoms with Crippen molar-refractivity contribution < 1.29 is 28.6 Å². The first-order chi connectivity index (χ1) is 11.0. The van der Waals surface area contributed by atoms with Crippen LogP contribution in [-0.4, -0.2) is 23.0 Å². The summed E-state index contributed by atoms with van der Waals surface area (Å²) in [7, 11) is 0. The van der Waals surface area contributed by atoms with Crippen molar-refractivity contribution in [3.63, 3.8) is 0 Å². The molecule has 118 valence electrons. The van der Waals surface area contributed by atoms with Crippen LogP contribution in [0.4, 0.5) is 4.39 Å². The Labute approximate surface area is 131 Å². The molecule has 5 nitrogen and oxygen atoms in total. The topological polar surface area (TPSA) is 72.8 Å². The maximum atomic E-state index is 12.8. The fraction of sp³-hybridized carbons (Fsp3) is 0.176. The van der Waals surface area contributed by atoms with Crippen LogP contribution >= 0.6 is 0 Å². The average Bonchev–Trinajstić information content (AvgIpc) is 2.53. The van der Waals surface area contributed by atoms with E-state index >= 15 is 0 Å². The summed E-state index contributed by atoms with van der Waals surface area (Å²) in [6, 6.07) is 10.8. The molecule has 0 fully saturated rings. The van der Waals surface area contributed by atoms with Crippen molar-refractivity contribution in [1.82, 2.24) is 0 Å². The van der Waals surface area contributed by atoms with Gasteiger partial charge in [0.2, 0.25) is 0 Å². The standard InChI is InChI=1S/C17H13FO5/c18-12-4-1-10(2-5-12)9-22-13-6-3-11-7-14(19)16(17(20)21)23-15(11)8-13/h1-6,8,16H,7,9H2,(H,20,21). The summed E-state index contributed by atoms with van der Waals surface area (Å²) in [6.45, 7) is 0.236. The van der Waals surface area contributed by atoms with Crippen molar-refractivity contribution in [1.29, 1.82) is 0 Å². The zero-order chi connectivity index (χ0) is 16.4. The third-order valence-electron chi connectivity index (χ3n) is 3.48. The molecule has 0 aliphatic carbocycles. The summed E-state index contributed by atoms with van der Waals surface area (Å²) in [5, 5.41) is 8.97. The number of carbonyl (C=O) groups excluding carboxylic acids is 1. The van der Waals surface area contributed by atoms with Crippen LogP contribution in [0, 0.1) is 5.82 Å². The second kappa shape index (κ2) is 6.08. The number of benzene rings is 2. The molecule has 0 amide bonds. The molecule has 23 heavy (non-hydrogen) atoms. The molecule has 0 bridgehead atoms. The van der Waals surface area contributed by atoms with Gasteiger partial charge in [-0.1, -0.05) is 18.2 Å². The first kappa shape index (κ1) is 15.0. The molecule has 0 saturated carbocycles. The lowest BCUT2D eigenvalue weighted by Crippen LogP contribution is -2.39. The van der Waals surface area contributed by atoms with Crippen LogP contribution in [0.2, 0.25) is 0 Å². The van der Waals surface area contributed by atoms with Crippen molar-refractivity contribution in [2.75, 3.05) is 0 Å². The molecule has 0 aromatic heterocycles. The number of hydrogen-bond donors (Lipinski definition) is 1. The number of rotatable bonds is 4. The van der Waals surface area contributed by atoms with E-state index in [9.17, 15) is 14.0 Å². The van der Waals surface area contributed by atoms with Crippen molar-refractivity contribution in [3.05, 3.63) is 59.4 Å². The predicted molar refractivity (Wildman–Crippen MR) is 77.9 cm³/mol. The lowest BCUT2D eigenvalue weighted by Gasteiger charge is -2.22. The molecule has 1 N–H and O–H groups in total. The summed E-state index contributed by atoms with van der Waals surface area (Å²) in [4.78, 5) is 22.6.